The van der Waals surface area contributed by atoms with Gasteiger partial charge in [0.2, 0.25) is 0 Å². The van der Waals surface area contributed by atoms with E-state index in [2.05, 4.69) is 13.2 Å². The number of hydrogen-bond donors (Lipinski definition) is 0. The SMILES string of the molecule is C=CCOCCOCC=C.CCOCC. The van der Waals surface area contributed by atoms with Gasteiger partial charge in [0.1, 0.15) is 0 Å². The molecule has 0 bridgehead atoms. The zero-order valence-corrected chi connectivity index (χ0v) is 10.0. The van der Waals surface area contributed by atoms with Crippen molar-refractivity contribution in [3.8, 4) is 0 Å². The monoisotopic (exact) mass is 216 g/mol. The summed E-state index contributed by atoms with van der Waals surface area (Å²) in [4.78, 5) is 0. The molecule has 0 aromatic carbocycles. The van der Waals surface area contributed by atoms with Crippen LogP contribution in [0.1, 0.15) is 13.8 Å². The third kappa shape index (κ3) is 24.7. The van der Waals surface area contributed by atoms with E-state index >= 15 is 0 Å². The largest absolute Gasteiger partial charge is 0.382 e. The molecule has 0 aromatic heterocycles. The van der Waals surface area contributed by atoms with Crippen molar-refractivity contribution in [2.24, 2.45) is 0 Å². The van der Waals surface area contributed by atoms with Gasteiger partial charge in [0.05, 0.1) is 26.4 Å². The number of ether oxygens (including phenoxy) is 3. The topological polar surface area (TPSA) is 27.7 Å². The molecule has 15 heavy (non-hydrogen) atoms. The van der Waals surface area contributed by atoms with Crippen LogP contribution in [0.2, 0.25) is 0 Å². The summed E-state index contributed by atoms with van der Waals surface area (Å²) in [7, 11) is 0. The van der Waals surface area contributed by atoms with E-state index in [1.165, 1.54) is 0 Å². The Morgan fingerprint density at radius 1 is 0.800 bits per heavy atom. The van der Waals surface area contributed by atoms with Gasteiger partial charge in [0.15, 0.2) is 0 Å². The summed E-state index contributed by atoms with van der Waals surface area (Å²) < 4.78 is 14.9. The van der Waals surface area contributed by atoms with Crippen LogP contribution in [0.4, 0.5) is 0 Å². The Hall–Kier alpha value is -0.640. The first kappa shape index (κ1) is 16.8. The van der Waals surface area contributed by atoms with Gasteiger partial charge in [-0.05, 0) is 13.8 Å². The van der Waals surface area contributed by atoms with Crippen LogP contribution in [0.15, 0.2) is 25.3 Å². The van der Waals surface area contributed by atoms with E-state index < -0.39 is 0 Å². The summed E-state index contributed by atoms with van der Waals surface area (Å²) >= 11 is 0. The van der Waals surface area contributed by atoms with Gasteiger partial charge in [-0.1, -0.05) is 12.2 Å². The molecular weight excluding hydrogens is 192 g/mol. The van der Waals surface area contributed by atoms with Crippen molar-refractivity contribution in [2.75, 3.05) is 39.6 Å². The first-order chi connectivity index (χ1) is 7.33. The Balaban J connectivity index is 0. The van der Waals surface area contributed by atoms with Gasteiger partial charge in [0.25, 0.3) is 0 Å². The average Bonchev–Trinajstić information content (AvgIpc) is 2.25. The van der Waals surface area contributed by atoms with E-state index in [-0.39, 0.29) is 0 Å². The molecule has 3 nitrogen and oxygen atoms in total. The molecule has 0 heterocycles. The maximum Gasteiger partial charge on any atom is 0.0704 e. The van der Waals surface area contributed by atoms with Gasteiger partial charge >= 0.3 is 0 Å². The van der Waals surface area contributed by atoms with Gasteiger partial charge in [-0.2, -0.15) is 0 Å². The normalized spacial score (nSPS) is 8.93. The second-order valence-electron chi connectivity index (χ2n) is 2.51. The number of rotatable bonds is 9. The van der Waals surface area contributed by atoms with Crippen LogP contribution >= 0.6 is 0 Å². The quantitative estimate of drug-likeness (QED) is 0.437. The van der Waals surface area contributed by atoms with Crippen molar-refractivity contribution in [3.05, 3.63) is 25.3 Å². The first-order valence-corrected chi connectivity index (χ1v) is 5.28. The minimum atomic E-state index is 0.595. The molecule has 0 fully saturated rings. The molecule has 0 amide bonds. The van der Waals surface area contributed by atoms with E-state index in [1.807, 2.05) is 13.8 Å². The second kappa shape index (κ2) is 19.0. The highest BCUT2D eigenvalue weighted by Crippen LogP contribution is 1.78. The van der Waals surface area contributed by atoms with Gasteiger partial charge in [-0.3, -0.25) is 0 Å². The van der Waals surface area contributed by atoms with Crippen molar-refractivity contribution in [1.82, 2.24) is 0 Å². The molecule has 0 aliphatic carbocycles. The Morgan fingerprint density at radius 2 is 1.20 bits per heavy atom. The van der Waals surface area contributed by atoms with Crippen LogP contribution in [0.25, 0.3) is 0 Å². The lowest BCUT2D eigenvalue weighted by Gasteiger charge is -2.00. The van der Waals surface area contributed by atoms with E-state index in [9.17, 15) is 0 Å². The van der Waals surface area contributed by atoms with E-state index in [0.29, 0.717) is 26.4 Å². The van der Waals surface area contributed by atoms with Crippen LogP contribution in [0.3, 0.4) is 0 Å². The third-order valence-corrected chi connectivity index (χ3v) is 1.25. The first-order valence-electron chi connectivity index (χ1n) is 5.28. The van der Waals surface area contributed by atoms with Crippen LogP contribution in [-0.2, 0) is 14.2 Å². The Morgan fingerprint density at radius 3 is 1.40 bits per heavy atom. The van der Waals surface area contributed by atoms with E-state index in [0.717, 1.165) is 13.2 Å². The van der Waals surface area contributed by atoms with Crippen molar-refractivity contribution >= 4 is 0 Å². The van der Waals surface area contributed by atoms with Gasteiger partial charge < -0.3 is 14.2 Å². The van der Waals surface area contributed by atoms with Crippen molar-refractivity contribution in [1.29, 1.82) is 0 Å². The molecular formula is C12H24O3. The highest BCUT2D eigenvalue weighted by Gasteiger charge is 1.83. The predicted octanol–water partition coefficient (Wildman–Crippen LogP) is 2.43. The third-order valence-electron chi connectivity index (χ3n) is 1.25. The van der Waals surface area contributed by atoms with Gasteiger partial charge in [-0.15, -0.1) is 13.2 Å². The minimum absolute atomic E-state index is 0.595. The summed E-state index contributed by atoms with van der Waals surface area (Å²) in [6, 6.07) is 0. The number of hydrogen-bond acceptors (Lipinski definition) is 3. The Labute approximate surface area is 93.7 Å². The smallest absolute Gasteiger partial charge is 0.0704 e. The lowest BCUT2D eigenvalue weighted by Crippen LogP contribution is -2.03. The highest BCUT2D eigenvalue weighted by atomic mass is 16.5. The fourth-order valence-corrected chi connectivity index (χ4v) is 0.655. The fraction of sp³-hybridized carbons (Fsp3) is 0.667. The zero-order chi connectivity index (χ0) is 11.8. The van der Waals surface area contributed by atoms with E-state index in [4.69, 9.17) is 14.2 Å². The summed E-state index contributed by atoms with van der Waals surface area (Å²) in [5, 5.41) is 0. The molecule has 0 aliphatic rings. The van der Waals surface area contributed by atoms with Gasteiger partial charge in [-0.25, -0.2) is 0 Å². The molecule has 0 aliphatic heterocycles. The summed E-state index contributed by atoms with van der Waals surface area (Å²) in [5.74, 6) is 0. The lowest BCUT2D eigenvalue weighted by molar-refractivity contribution is 0.0710. The maximum absolute atomic E-state index is 5.05. The molecule has 0 aromatic rings. The van der Waals surface area contributed by atoms with Crippen molar-refractivity contribution in [3.63, 3.8) is 0 Å². The van der Waals surface area contributed by atoms with Gasteiger partial charge in [0, 0.05) is 13.2 Å². The molecule has 0 atom stereocenters. The Bertz CT molecular complexity index is 110. The molecule has 90 valence electrons. The Kier molecular flexibility index (Phi) is 21.3. The minimum Gasteiger partial charge on any atom is -0.382 e. The second-order valence-corrected chi connectivity index (χ2v) is 2.51. The van der Waals surface area contributed by atoms with Crippen molar-refractivity contribution < 1.29 is 14.2 Å². The van der Waals surface area contributed by atoms with Crippen molar-refractivity contribution in [2.45, 2.75) is 13.8 Å². The zero-order valence-electron chi connectivity index (χ0n) is 10.0. The molecule has 0 saturated heterocycles. The maximum atomic E-state index is 5.05. The standard InChI is InChI=1S/C8H14O2.C4H10O/c1-3-5-9-7-8-10-6-4-2;1-3-5-4-2/h3-4H,1-2,5-8H2;3-4H2,1-2H3. The molecule has 0 radical (unpaired) electrons. The van der Waals surface area contributed by atoms with E-state index in [1.54, 1.807) is 12.2 Å². The summed E-state index contributed by atoms with van der Waals surface area (Å²) in [5.41, 5.74) is 0. The molecule has 0 unspecified atom stereocenters. The van der Waals surface area contributed by atoms with Crippen LogP contribution < -0.4 is 0 Å². The summed E-state index contributed by atoms with van der Waals surface area (Å²) in [6.07, 6.45) is 3.43. The highest BCUT2D eigenvalue weighted by molar-refractivity contribution is 4.64. The lowest BCUT2D eigenvalue weighted by atomic mass is 10.6. The molecule has 0 N–H and O–H groups in total. The predicted molar refractivity (Wildman–Crippen MR) is 64.2 cm³/mol. The molecule has 3 heteroatoms. The fourth-order valence-electron chi connectivity index (χ4n) is 0.655. The molecule has 0 spiro atoms. The average molecular weight is 216 g/mol. The van der Waals surface area contributed by atoms with Crippen LogP contribution in [-0.4, -0.2) is 39.6 Å². The van der Waals surface area contributed by atoms with Crippen LogP contribution in [0.5, 0.6) is 0 Å². The molecule has 0 saturated carbocycles. The van der Waals surface area contributed by atoms with Crippen LogP contribution in [0, 0.1) is 0 Å². The molecule has 0 rings (SSSR count). The summed E-state index contributed by atoms with van der Waals surface area (Å²) in [6.45, 7) is 15.1.